The summed E-state index contributed by atoms with van der Waals surface area (Å²) in [4.78, 5) is 14.5. The number of carbonyl (C=O) groups is 1. The summed E-state index contributed by atoms with van der Waals surface area (Å²) in [6.45, 7) is 5.22. The molecule has 2 aromatic rings. The van der Waals surface area contributed by atoms with Crippen LogP contribution in [0.1, 0.15) is 12.7 Å². The van der Waals surface area contributed by atoms with E-state index in [0.29, 0.717) is 42.9 Å². The minimum atomic E-state index is -0.504. The van der Waals surface area contributed by atoms with Crippen LogP contribution >= 0.6 is 0 Å². The van der Waals surface area contributed by atoms with E-state index in [1.54, 1.807) is 30.3 Å². The molecule has 140 valence electrons. The number of amides is 1. The van der Waals surface area contributed by atoms with Crippen LogP contribution in [-0.2, 0) is 9.53 Å². The number of furan rings is 1. The summed E-state index contributed by atoms with van der Waals surface area (Å²) in [5.41, 5.74) is 0.514. The molecule has 3 rings (SSSR count). The molecular weight excluding hydrogens is 346 g/mol. The first-order valence-electron chi connectivity index (χ1n) is 8.78. The first-order chi connectivity index (χ1) is 13.2. The average Bonchev–Trinajstić information content (AvgIpc) is 3.16. The molecule has 0 radical (unpaired) electrons. The first-order valence-corrected chi connectivity index (χ1v) is 8.78. The van der Waals surface area contributed by atoms with Crippen molar-refractivity contribution in [3.05, 3.63) is 47.7 Å². The van der Waals surface area contributed by atoms with Crippen LogP contribution < -0.4 is 15.0 Å². The molecular formula is C20H21N3O4. The molecule has 1 aromatic heterocycles. The normalized spacial score (nSPS) is 14.5. The Morgan fingerprint density at radius 2 is 2.15 bits per heavy atom. The molecule has 1 fully saturated rings. The van der Waals surface area contributed by atoms with Gasteiger partial charge in [0.2, 0.25) is 0 Å². The molecule has 0 spiro atoms. The highest BCUT2D eigenvalue weighted by Gasteiger charge is 2.16. The van der Waals surface area contributed by atoms with Gasteiger partial charge in [-0.05, 0) is 25.1 Å². The van der Waals surface area contributed by atoms with Crippen molar-refractivity contribution < 1.29 is 18.7 Å². The predicted molar refractivity (Wildman–Crippen MR) is 102 cm³/mol. The Bertz CT molecular complexity index is 860. The molecule has 7 nitrogen and oxygen atoms in total. The largest absolute Gasteiger partial charge is 0.494 e. The van der Waals surface area contributed by atoms with E-state index < -0.39 is 5.91 Å². The van der Waals surface area contributed by atoms with Gasteiger partial charge >= 0.3 is 0 Å². The molecule has 1 aliphatic rings. The van der Waals surface area contributed by atoms with E-state index in [2.05, 4.69) is 10.2 Å². The zero-order valence-electron chi connectivity index (χ0n) is 15.1. The van der Waals surface area contributed by atoms with Gasteiger partial charge in [0.05, 0.1) is 19.8 Å². The number of nitrogens with zero attached hydrogens (tertiary/aromatic N) is 2. The van der Waals surface area contributed by atoms with Crippen LogP contribution in [0.15, 0.2) is 46.4 Å². The van der Waals surface area contributed by atoms with Gasteiger partial charge in [-0.15, -0.1) is 0 Å². The van der Waals surface area contributed by atoms with E-state index in [0.717, 1.165) is 13.1 Å². The molecule has 7 heteroatoms. The van der Waals surface area contributed by atoms with Gasteiger partial charge < -0.3 is 24.1 Å². The summed E-state index contributed by atoms with van der Waals surface area (Å²) in [5, 5.41) is 12.1. The van der Waals surface area contributed by atoms with Gasteiger partial charge in [-0.25, -0.2) is 0 Å². The number of nitrogens with one attached hydrogen (secondary N) is 1. The Balaban J connectivity index is 1.70. The Labute approximate surface area is 157 Å². The predicted octanol–water partition coefficient (Wildman–Crippen LogP) is 3.06. The highest BCUT2D eigenvalue weighted by molar-refractivity contribution is 6.09. The Hall–Kier alpha value is -3.24. The number of ether oxygens (including phenoxy) is 2. The molecule has 0 unspecified atom stereocenters. The second-order valence-corrected chi connectivity index (χ2v) is 5.86. The van der Waals surface area contributed by atoms with Crippen molar-refractivity contribution in [3.63, 3.8) is 0 Å². The van der Waals surface area contributed by atoms with E-state index in [9.17, 15) is 10.1 Å². The highest BCUT2D eigenvalue weighted by Crippen LogP contribution is 2.22. The SMILES string of the molecule is CCOc1cccc(NC(=O)C(C#N)=Cc2ccc(N3CCOCC3)o2)c1. The zero-order valence-corrected chi connectivity index (χ0v) is 15.1. The Kier molecular flexibility index (Phi) is 6.13. The minimum Gasteiger partial charge on any atom is -0.494 e. The second kappa shape index (κ2) is 8.92. The number of hydrogen-bond acceptors (Lipinski definition) is 6. The fourth-order valence-corrected chi connectivity index (χ4v) is 2.69. The number of anilines is 2. The molecule has 0 bridgehead atoms. The van der Waals surface area contributed by atoms with Crippen LogP contribution in [-0.4, -0.2) is 38.8 Å². The number of nitriles is 1. The maximum atomic E-state index is 12.4. The third-order valence-electron chi connectivity index (χ3n) is 3.99. The van der Waals surface area contributed by atoms with Crippen molar-refractivity contribution in [2.75, 3.05) is 43.1 Å². The van der Waals surface area contributed by atoms with Crippen molar-refractivity contribution in [1.82, 2.24) is 0 Å². The van der Waals surface area contributed by atoms with Crippen LogP contribution in [0, 0.1) is 11.3 Å². The van der Waals surface area contributed by atoms with Gasteiger partial charge in [0, 0.05) is 37.0 Å². The van der Waals surface area contributed by atoms with Crippen molar-refractivity contribution in [1.29, 1.82) is 5.26 Å². The number of hydrogen-bond donors (Lipinski definition) is 1. The van der Waals surface area contributed by atoms with E-state index in [4.69, 9.17) is 13.9 Å². The molecule has 0 aliphatic carbocycles. The third kappa shape index (κ3) is 4.90. The van der Waals surface area contributed by atoms with Crippen molar-refractivity contribution in [2.24, 2.45) is 0 Å². The molecule has 2 heterocycles. The summed E-state index contributed by atoms with van der Waals surface area (Å²) in [7, 11) is 0. The van der Waals surface area contributed by atoms with Crippen molar-refractivity contribution in [3.8, 4) is 11.8 Å². The fourth-order valence-electron chi connectivity index (χ4n) is 2.69. The van der Waals surface area contributed by atoms with Crippen LogP contribution in [0.4, 0.5) is 11.6 Å². The summed E-state index contributed by atoms with van der Waals surface area (Å²) >= 11 is 0. The molecule has 1 aliphatic heterocycles. The number of rotatable bonds is 6. The molecule has 1 N–H and O–H groups in total. The van der Waals surface area contributed by atoms with Crippen LogP contribution in [0.5, 0.6) is 5.75 Å². The lowest BCUT2D eigenvalue weighted by atomic mass is 10.2. The quantitative estimate of drug-likeness (QED) is 0.624. The smallest absolute Gasteiger partial charge is 0.266 e. The Morgan fingerprint density at radius 1 is 1.33 bits per heavy atom. The molecule has 1 aromatic carbocycles. The van der Waals surface area contributed by atoms with E-state index >= 15 is 0 Å². The molecule has 0 atom stereocenters. The van der Waals surface area contributed by atoms with Gasteiger partial charge in [-0.3, -0.25) is 4.79 Å². The maximum absolute atomic E-state index is 12.4. The molecule has 0 saturated carbocycles. The second-order valence-electron chi connectivity index (χ2n) is 5.86. The van der Waals surface area contributed by atoms with Crippen LogP contribution in [0.3, 0.4) is 0 Å². The minimum absolute atomic E-state index is 0.0420. The van der Waals surface area contributed by atoms with Crippen molar-refractivity contribution in [2.45, 2.75) is 6.92 Å². The standard InChI is InChI=1S/C20H21N3O4/c1-2-26-17-5-3-4-16(13-17)22-20(24)15(14-21)12-18-6-7-19(27-18)23-8-10-25-11-9-23/h3-7,12-13H,2,8-11H2,1H3,(H,22,24). The van der Waals surface area contributed by atoms with Gasteiger partial charge in [0.15, 0.2) is 5.88 Å². The zero-order chi connectivity index (χ0) is 19.1. The lowest BCUT2D eigenvalue weighted by Gasteiger charge is -2.26. The maximum Gasteiger partial charge on any atom is 0.266 e. The Morgan fingerprint density at radius 3 is 2.89 bits per heavy atom. The first kappa shape index (κ1) is 18.5. The van der Waals surface area contributed by atoms with Crippen LogP contribution in [0.25, 0.3) is 6.08 Å². The summed E-state index contributed by atoms with van der Waals surface area (Å²) in [5.74, 6) is 1.30. The average molecular weight is 367 g/mol. The lowest BCUT2D eigenvalue weighted by molar-refractivity contribution is -0.112. The van der Waals surface area contributed by atoms with Gasteiger partial charge in [-0.2, -0.15) is 5.26 Å². The van der Waals surface area contributed by atoms with Gasteiger partial charge in [0.1, 0.15) is 23.2 Å². The molecule has 27 heavy (non-hydrogen) atoms. The summed E-state index contributed by atoms with van der Waals surface area (Å²) < 4.78 is 16.5. The topological polar surface area (TPSA) is 87.7 Å². The molecule has 1 amide bonds. The van der Waals surface area contributed by atoms with Gasteiger partial charge in [0.25, 0.3) is 5.91 Å². The summed E-state index contributed by atoms with van der Waals surface area (Å²) in [6.07, 6.45) is 1.44. The number of carbonyl (C=O) groups excluding carboxylic acids is 1. The van der Waals surface area contributed by atoms with Gasteiger partial charge in [-0.1, -0.05) is 6.07 Å². The van der Waals surface area contributed by atoms with E-state index in [1.807, 2.05) is 19.1 Å². The highest BCUT2D eigenvalue weighted by atomic mass is 16.5. The summed E-state index contributed by atoms with van der Waals surface area (Å²) in [6, 6.07) is 12.5. The third-order valence-corrected chi connectivity index (χ3v) is 3.99. The van der Waals surface area contributed by atoms with E-state index in [1.165, 1.54) is 6.08 Å². The number of morpholine rings is 1. The fraction of sp³-hybridized carbons (Fsp3) is 0.300. The van der Waals surface area contributed by atoms with Crippen LogP contribution in [0.2, 0.25) is 0 Å². The monoisotopic (exact) mass is 367 g/mol. The van der Waals surface area contributed by atoms with E-state index in [-0.39, 0.29) is 5.57 Å². The lowest BCUT2D eigenvalue weighted by Crippen LogP contribution is -2.35. The number of benzene rings is 1. The molecule has 1 saturated heterocycles. The van der Waals surface area contributed by atoms with Crippen molar-refractivity contribution >= 4 is 23.6 Å².